The number of carbonyl (C=O) groups is 7. The van der Waals surface area contributed by atoms with Crippen molar-refractivity contribution in [3.8, 4) is 0 Å². The van der Waals surface area contributed by atoms with Crippen molar-refractivity contribution in [2.75, 3.05) is 260 Å². The fraction of sp³-hybridized carbons (Fsp3) is 0.907. The maximum absolute atomic E-state index is 11.0. The Morgan fingerprint density at radius 3 is 0.652 bits per heavy atom. The van der Waals surface area contributed by atoms with E-state index in [9.17, 15) is 70.1 Å². The lowest BCUT2D eigenvalue weighted by Gasteiger charge is -2.23. The summed E-state index contributed by atoms with van der Waals surface area (Å²) in [5.74, 6) is -1.24. The Kier molecular flexibility index (Phi) is 153. The number of ether oxygens (including phenoxy) is 11. The molecule has 0 aromatic rings. The average molecular weight is 2110 g/mol. The summed E-state index contributed by atoms with van der Waals surface area (Å²) in [5, 5.41) is 17.1. The lowest BCUT2D eigenvalue weighted by molar-refractivity contribution is -0.130. The van der Waals surface area contributed by atoms with Gasteiger partial charge in [-0.15, -0.1) is 0 Å². The van der Waals surface area contributed by atoms with Crippen LogP contribution in [0.4, 0.5) is 0 Å². The zero-order valence-electron chi connectivity index (χ0n) is 83.0. The molecule has 0 saturated carbocycles. The summed E-state index contributed by atoms with van der Waals surface area (Å²) in [6.07, 6.45) is -4.49. The van der Waals surface area contributed by atoms with Crippen LogP contribution in [0.2, 0.25) is 0 Å². The van der Waals surface area contributed by atoms with Crippen LogP contribution in [-0.4, -0.2) is 389 Å². The van der Waals surface area contributed by atoms with Crippen molar-refractivity contribution in [1.82, 2.24) is 37.2 Å². The molecular formula is C75H191N7O42P8. The van der Waals surface area contributed by atoms with Gasteiger partial charge < -0.3 is 160 Å². The third-order valence-corrected chi connectivity index (χ3v) is 17.0. The van der Waals surface area contributed by atoms with Crippen molar-refractivity contribution in [1.29, 1.82) is 0 Å². The van der Waals surface area contributed by atoms with Gasteiger partial charge in [0.25, 0.3) is 11.8 Å². The zero-order valence-corrected chi connectivity index (χ0v) is 90.2. The molecule has 0 aliphatic rings. The minimum atomic E-state index is -3.66. The fourth-order valence-corrected chi connectivity index (χ4v) is 12.3. The van der Waals surface area contributed by atoms with Gasteiger partial charge in [-0.05, 0) is 27.8 Å². The van der Waals surface area contributed by atoms with E-state index in [-0.39, 0.29) is 150 Å². The van der Waals surface area contributed by atoms with Crippen LogP contribution in [0.3, 0.4) is 0 Å². The molecule has 49 nitrogen and oxygen atoms in total. The molecule has 16 atom stereocenters. The topological polar surface area (TPSA) is 677 Å². The lowest BCUT2D eigenvalue weighted by Crippen LogP contribution is -2.36. The first-order chi connectivity index (χ1) is 58.0. The molecule has 818 valence electrons. The predicted molar refractivity (Wildman–Crippen MR) is 524 cm³/mol. The SMILES string of the molecule is C.C.C.C.C.CC.CC.CC.CNC(=O)C(COC)OP(C)(=O)O.CNC(=O)[C@H](COC)OP(C)(=O)O.CNC(C)=O.CNC(C)=O.CNC(C)=O.CNC[C@@H](COC)OP(C)(=O)O.COC.COCC(COC)OP(C)(=O)O.COCC(COC)OP(C)(=O)O.COC[C@@H](CC(C)=O)[C@@H](C)OP(C)(=O)O.COC[C@@H](CNC(C)=O)OP(C)(=O)O.COC[C@H](C)[C@H](C)OP(C)(=O)O. The van der Waals surface area contributed by atoms with Gasteiger partial charge in [0.2, 0.25) is 23.6 Å². The molecule has 132 heavy (non-hydrogen) atoms. The van der Waals surface area contributed by atoms with Gasteiger partial charge in [0.05, 0.1) is 78.3 Å². The van der Waals surface area contributed by atoms with Gasteiger partial charge in [-0.25, -0.2) is 0 Å². The standard InChI is InChI=1S/C9H19O5P.C7H16NO5P.C7H17O4P.2C6H14NO5P.C6H16NO4P.2C6H15O5P.3C3H7NO.C2H6O.3C2H6.5CH4/c1-7(10)5-9(6-13-3)8(2)14-15(4,11)12;1-6(9)8-4-7(5-12-2)13-14(3,10)11;1-6(5-10-3)7(2)11-12(4,8)9;2*1-7-6(8)5(4-11-2)12-13(3,9)10;1-7-4-6(5-10-2)11-12(3,8)9;2*1-9-4-6(5-10-2)11-12(3,7)8;3*1-3(5)4-2;1-3-2;3*1-2;;;;;/h8-9H,5-6H2,1-4H3,(H,11,12);7H,4-5H2,1-3H3,(H,8,9)(H,10,11);6-7H,5H2,1-4H3,(H,8,9);2*5H,4H2,1-3H3,(H,7,8)(H,9,10);6-7H,4-5H2,1-3H3,(H,8,9);2*6H,4-5H2,1-3H3,(H,7,8);3*1-2H3,(H,4,5);1-2H3;3*1-2H3;5*1H4/t8-,9-;7-;6-,7-;5-;;6-;;;;;;;;;;;;;;/m1100.0............../s1. The highest BCUT2D eigenvalue weighted by Gasteiger charge is 2.29. The number of rotatable bonds is 46. The Hall–Kier alpha value is -2.79. The Bertz CT molecular complexity index is 2780. The van der Waals surface area contributed by atoms with Crippen LogP contribution in [0, 0.1) is 11.8 Å². The van der Waals surface area contributed by atoms with Crippen LogP contribution in [0.15, 0.2) is 0 Å². The minimum absolute atomic E-state index is 0. The molecular weight excluding hydrogens is 1920 g/mol. The van der Waals surface area contributed by atoms with Gasteiger partial charge in [-0.1, -0.05) is 85.6 Å². The monoisotopic (exact) mass is 2110 g/mol. The summed E-state index contributed by atoms with van der Waals surface area (Å²) in [4.78, 5) is 144. The third kappa shape index (κ3) is 183. The number of methoxy groups -OCH3 is 11. The van der Waals surface area contributed by atoms with Gasteiger partial charge in [0.15, 0.2) is 12.2 Å². The Morgan fingerprint density at radius 1 is 0.280 bits per heavy atom. The Labute approximate surface area is 794 Å². The molecule has 0 aliphatic heterocycles. The summed E-state index contributed by atoms with van der Waals surface area (Å²) >= 11 is 0. The molecule has 15 N–H and O–H groups in total. The first-order valence-corrected chi connectivity index (χ1v) is 54.7. The van der Waals surface area contributed by atoms with E-state index in [1.807, 2.05) is 48.5 Å². The lowest BCUT2D eigenvalue weighted by atomic mass is 9.99. The molecule has 0 aliphatic carbocycles. The van der Waals surface area contributed by atoms with Gasteiger partial charge >= 0.3 is 60.8 Å². The minimum Gasteiger partial charge on any atom is -0.388 e. The number of amides is 6. The molecule has 0 aromatic heterocycles. The number of hydrogen-bond donors (Lipinski definition) is 15. The normalized spacial score (nSPS) is 15.1. The van der Waals surface area contributed by atoms with E-state index < -0.39 is 109 Å². The third-order valence-electron chi connectivity index (χ3n) is 11.5. The number of hydrogen-bond acceptors (Lipinski definition) is 35. The van der Waals surface area contributed by atoms with E-state index in [1.54, 1.807) is 63.4 Å². The molecule has 0 fully saturated rings. The quantitative estimate of drug-likeness (QED) is 0.0253. The van der Waals surface area contributed by atoms with Crippen LogP contribution in [-0.2, 0) is 158 Å². The molecule has 0 rings (SSSR count). The van der Waals surface area contributed by atoms with E-state index in [1.165, 1.54) is 119 Å². The summed E-state index contributed by atoms with van der Waals surface area (Å²) in [7, 11) is -0.625. The molecule has 0 heterocycles. The highest BCUT2D eigenvalue weighted by molar-refractivity contribution is 7.53. The molecule has 0 spiro atoms. The Balaban J connectivity index is -0.0000000579. The first kappa shape index (κ1) is 178. The van der Waals surface area contributed by atoms with Gasteiger partial charge in [0.1, 0.15) is 30.2 Å². The van der Waals surface area contributed by atoms with Crippen LogP contribution < -0.4 is 37.2 Å². The number of carbonyl (C=O) groups excluding carboxylic acids is 7. The van der Waals surface area contributed by atoms with Crippen molar-refractivity contribution in [2.24, 2.45) is 11.8 Å². The summed E-state index contributed by atoms with van der Waals surface area (Å²) in [5.41, 5.74) is 0. The predicted octanol–water partition coefficient (Wildman–Crippen LogP) is 8.86. The van der Waals surface area contributed by atoms with E-state index in [0.717, 1.165) is 46.7 Å². The van der Waals surface area contributed by atoms with Gasteiger partial charge in [-0.2, -0.15) is 0 Å². The second-order valence-corrected chi connectivity index (χ2v) is 39.4. The van der Waals surface area contributed by atoms with E-state index in [2.05, 4.69) is 60.5 Å². The number of ketones is 1. The van der Waals surface area contributed by atoms with Crippen molar-refractivity contribution in [3.05, 3.63) is 0 Å². The molecule has 6 amide bonds. The summed E-state index contributed by atoms with van der Waals surface area (Å²) < 4.78 is 177. The number of nitrogens with one attached hydrogen (secondary N) is 7. The van der Waals surface area contributed by atoms with Crippen LogP contribution >= 0.6 is 60.8 Å². The van der Waals surface area contributed by atoms with Gasteiger partial charge in [0, 0.05) is 233 Å². The largest absolute Gasteiger partial charge is 0.388 e. The summed E-state index contributed by atoms with van der Waals surface area (Å²) in [6.45, 7) is 36.2. The first-order valence-electron chi connectivity index (χ1n) is 38.5. The number of likely N-dealkylation sites (N-methyl/N-ethyl adjacent to an activating group) is 3. The van der Waals surface area contributed by atoms with E-state index in [4.69, 9.17) is 104 Å². The molecule has 0 bridgehead atoms. The van der Waals surface area contributed by atoms with E-state index in [0.29, 0.717) is 26.4 Å². The molecule has 0 aromatic carbocycles. The average Bonchev–Trinajstić information content (AvgIpc) is 0.900. The molecule has 57 heteroatoms. The molecule has 9 unspecified atom stereocenters. The zero-order chi connectivity index (χ0) is 104. The van der Waals surface area contributed by atoms with E-state index >= 15 is 0 Å². The molecule has 0 radical (unpaired) electrons. The highest BCUT2D eigenvalue weighted by Crippen LogP contribution is 2.43. The maximum Gasteiger partial charge on any atom is 0.325 e. The Morgan fingerprint density at radius 2 is 0.477 bits per heavy atom. The van der Waals surface area contributed by atoms with Crippen molar-refractivity contribution < 1.29 is 198 Å². The number of Topliss-reactive ketones (excluding diaryl/α,β-unsaturated/α-hetero) is 1. The fourth-order valence-electron chi connectivity index (χ4n) is 6.73. The van der Waals surface area contributed by atoms with Crippen molar-refractivity contribution in [2.45, 2.75) is 189 Å². The highest BCUT2D eigenvalue weighted by atomic mass is 31.2. The second-order valence-electron chi connectivity index (χ2n) is 24.9. The van der Waals surface area contributed by atoms with Crippen LogP contribution in [0.25, 0.3) is 0 Å². The summed E-state index contributed by atoms with van der Waals surface area (Å²) in [6, 6.07) is 0. The van der Waals surface area contributed by atoms with Crippen molar-refractivity contribution >= 4 is 102 Å². The van der Waals surface area contributed by atoms with Gasteiger partial charge in [-0.3, -0.25) is 74.3 Å². The van der Waals surface area contributed by atoms with Crippen LogP contribution in [0.1, 0.15) is 140 Å². The maximum atomic E-state index is 11.0. The smallest absolute Gasteiger partial charge is 0.325 e. The van der Waals surface area contributed by atoms with Crippen LogP contribution in [0.5, 0.6) is 0 Å². The van der Waals surface area contributed by atoms with Crippen molar-refractivity contribution in [3.63, 3.8) is 0 Å². The molecule has 0 saturated heterocycles. The second kappa shape index (κ2) is 113.